The van der Waals surface area contributed by atoms with E-state index in [2.05, 4.69) is 0 Å². The zero-order valence-electron chi connectivity index (χ0n) is 22.4. The topological polar surface area (TPSA) is 88.1 Å². The molecule has 0 aliphatic heterocycles. The summed E-state index contributed by atoms with van der Waals surface area (Å²) >= 11 is 0. The van der Waals surface area contributed by atoms with Gasteiger partial charge in [-0.1, -0.05) is 66.7 Å². The summed E-state index contributed by atoms with van der Waals surface area (Å²) in [5.74, 6) is -0.105. The van der Waals surface area contributed by atoms with E-state index in [4.69, 9.17) is 18.9 Å². The Balaban J connectivity index is 1.34. The molecule has 0 aliphatic carbocycles. The third kappa shape index (κ3) is 7.57. The van der Waals surface area contributed by atoms with E-state index in [0.717, 1.165) is 11.1 Å². The highest BCUT2D eigenvalue weighted by Gasteiger charge is 2.21. The van der Waals surface area contributed by atoms with Crippen molar-refractivity contribution in [1.29, 1.82) is 0 Å². The van der Waals surface area contributed by atoms with Crippen LogP contribution in [0.25, 0.3) is 0 Å². The number of carbonyl (C=O) groups is 3. The molecular weight excluding hydrogens is 508 g/mol. The SMILES string of the molecule is COc1cc(CC(=O)C(=O)CC(=O)c2ccc(OCc3ccccc3)c(OC)c2)ccc1OCc1ccccc1. The molecule has 0 atom stereocenters. The van der Waals surface area contributed by atoms with E-state index < -0.39 is 23.8 Å². The molecule has 0 aliphatic rings. The van der Waals surface area contributed by atoms with Crippen molar-refractivity contribution in [2.24, 2.45) is 0 Å². The van der Waals surface area contributed by atoms with Gasteiger partial charge in [-0.2, -0.15) is 0 Å². The lowest BCUT2D eigenvalue weighted by Gasteiger charge is -2.12. The van der Waals surface area contributed by atoms with E-state index in [1.807, 2.05) is 60.7 Å². The maximum atomic E-state index is 12.8. The highest BCUT2D eigenvalue weighted by Crippen LogP contribution is 2.30. The molecule has 0 heterocycles. The number of methoxy groups -OCH3 is 2. The van der Waals surface area contributed by atoms with Gasteiger partial charge in [0.1, 0.15) is 13.2 Å². The summed E-state index contributed by atoms with van der Waals surface area (Å²) in [4.78, 5) is 38.1. The van der Waals surface area contributed by atoms with Gasteiger partial charge in [0, 0.05) is 12.0 Å². The normalized spacial score (nSPS) is 10.4. The molecule has 7 nitrogen and oxygen atoms in total. The van der Waals surface area contributed by atoms with E-state index in [1.165, 1.54) is 20.3 Å². The molecule has 40 heavy (non-hydrogen) atoms. The summed E-state index contributed by atoms with van der Waals surface area (Å²) in [5, 5.41) is 0. The maximum absolute atomic E-state index is 12.8. The minimum absolute atomic E-state index is 0.156. The lowest BCUT2D eigenvalue weighted by atomic mass is 10.00. The van der Waals surface area contributed by atoms with Crippen molar-refractivity contribution in [2.75, 3.05) is 14.2 Å². The second-order valence-electron chi connectivity index (χ2n) is 9.02. The van der Waals surface area contributed by atoms with Crippen LogP contribution in [0, 0.1) is 0 Å². The molecule has 0 N–H and O–H groups in total. The fourth-order valence-electron chi connectivity index (χ4n) is 4.00. The van der Waals surface area contributed by atoms with E-state index in [9.17, 15) is 14.4 Å². The van der Waals surface area contributed by atoms with E-state index in [1.54, 1.807) is 30.3 Å². The number of Topliss-reactive ketones (excluding diaryl/α,β-unsaturated/α-hetero) is 3. The van der Waals surface area contributed by atoms with Gasteiger partial charge in [-0.15, -0.1) is 0 Å². The Morgan fingerprint density at radius 3 is 1.62 bits per heavy atom. The van der Waals surface area contributed by atoms with Crippen LogP contribution >= 0.6 is 0 Å². The van der Waals surface area contributed by atoms with Crippen LogP contribution in [0.3, 0.4) is 0 Å². The first-order valence-corrected chi connectivity index (χ1v) is 12.7. The van der Waals surface area contributed by atoms with Crippen LogP contribution in [0.15, 0.2) is 97.1 Å². The summed E-state index contributed by atoms with van der Waals surface area (Å²) in [6.45, 7) is 0.698. The third-order valence-corrected chi connectivity index (χ3v) is 6.18. The van der Waals surface area contributed by atoms with Gasteiger partial charge in [0.05, 0.1) is 20.6 Å². The molecular formula is C33H30O7. The number of rotatable bonds is 14. The minimum atomic E-state index is -0.767. The lowest BCUT2D eigenvalue weighted by Crippen LogP contribution is -2.20. The average Bonchev–Trinajstić information content (AvgIpc) is 3.00. The zero-order valence-corrected chi connectivity index (χ0v) is 22.4. The van der Waals surface area contributed by atoms with Crippen LogP contribution in [0.1, 0.15) is 33.5 Å². The molecule has 0 amide bonds. The Labute approximate surface area is 233 Å². The number of hydrogen-bond donors (Lipinski definition) is 0. The Morgan fingerprint density at radius 2 is 1.07 bits per heavy atom. The average molecular weight is 539 g/mol. The van der Waals surface area contributed by atoms with Crippen molar-refractivity contribution < 1.29 is 33.3 Å². The third-order valence-electron chi connectivity index (χ3n) is 6.18. The van der Waals surface area contributed by atoms with Crippen LogP contribution in [0.5, 0.6) is 23.0 Å². The predicted molar refractivity (Wildman–Crippen MR) is 150 cm³/mol. The van der Waals surface area contributed by atoms with Crippen LogP contribution in [-0.2, 0) is 29.2 Å². The smallest absolute Gasteiger partial charge is 0.206 e. The highest BCUT2D eigenvalue weighted by atomic mass is 16.5. The number of ether oxygens (including phenoxy) is 4. The molecule has 7 heteroatoms. The predicted octanol–water partition coefficient (Wildman–Crippen LogP) is 5.82. The molecule has 0 unspecified atom stereocenters. The van der Waals surface area contributed by atoms with Crippen LogP contribution in [0.4, 0.5) is 0 Å². The summed E-state index contributed by atoms with van der Waals surface area (Å²) in [6.07, 6.45) is -0.696. The van der Waals surface area contributed by atoms with Gasteiger partial charge in [-0.05, 0) is 47.0 Å². The molecule has 0 saturated carbocycles. The second-order valence-corrected chi connectivity index (χ2v) is 9.02. The van der Waals surface area contributed by atoms with Gasteiger partial charge in [0.2, 0.25) is 11.6 Å². The largest absolute Gasteiger partial charge is 0.493 e. The Morgan fingerprint density at radius 1 is 0.550 bits per heavy atom. The number of ketones is 3. The van der Waals surface area contributed by atoms with Gasteiger partial charge >= 0.3 is 0 Å². The minimum Gasteiger partial charge on any atom is -0.493 e. The molecule has 4 aromatic carbocycles. The second kappa shape index (κ2) is 13.8. The van der Waals surface area contributed by atoms with Gasteiger partial charge in [0.25, 0.3) is 0 Å². The molecule has 4 aromatic rings. The Bertz CT molecular complexity index is 1460. The standard InChI is InChI=1S/C33H30O7/c1-37-32-18-25(13-15-30(32)39-21-23-9-5-3-6-10-23)17-28(35)29(36)20-27(34)26-14-16-31(33(19-26)38-2)40-22-24-11-7-4-8-12-24/h3-16,18-19H,17,20-22H2,1-2H3. The van der Waals surface area contributed by atoms with E-state index >= 15 is 0 Å². The van der Waals surface area contributed by atoms with Crippen LogP contribution in [0.2, 0.25) is 0 Å². The first-order valence-electron chi connectivity index (χ1n) is 12.7. The Hall–Kier alpha value is -4.91. The number of carbonyl (C=O) groups excluding carboxylic acids is 3. The van der Waals surface area contributed by atoms with Crippen molar-refractivity contribution in [2.45, 2.75) is 26.1 Å². The van der Waals surface area contributed by atoms with E-state index in [0.29, 0.717) is 41.8 Å². The van der Waals surface area contributed by atoms with E-state index in [-0.39, 0.29) is 12.0 Å². The fourth-order valence-corrected chi connectivity index (χ4v) is 4.00. The van der Waals surface area contributed by atoms with Gasteiger partial charge < -0.3 is 18.9 Å². The first kappa shape index (κ1) is 28.1. The molecule has 4 rings (SSSR count). The van der Waals surface area contributed by atoms with Crippen LogP contribution < -0.4 is 18.9 Å². The summed E-state index contributed by atoms with van der Waals surface area (Å²) in [6, 6.07) is 29.1. The number of hydrogen-bond acceptors (Lipinski definition) is 7. The van der Waals surface area contributed by atoms with Gasteiger partial charge in [-0.25, -0.2) is 0 Å². The van der Waals surface area contributed by atoms with Gasteiger partial charge in [-0.3, -0.25) is 14.4 Å². The first-order chi connectivity index (χ1) is 19.5. The maximum Gasteiger partial charge on any atom is 0.206 e. The molecule has 0 bridgehead atoms. The molecule has 0 fully saturated rings. The molecule has 204 valence electrons. The molecule has 0 aromatic heterocycles. The van der Waals surface area contributed by atoms with Crippen molar-refractivity contribution in [1.82, 2.24) is 0 Å². The number of benzene rings is 4. The van der Waals surface area contributed by atoms with Crippen molar-refractivity contribution >= 4 is 17.3 Å². The van der Waals surface area contributed by atoms with Crippen LogP contribution in [-0.4, -0.2) is 31.6 Å². The van der Waals surface area contributed by atoms with Crippen molar-refractivity contribution in [3.8, 4) is 23.0 Å². The fraction of sp³-hybridized carbons (Fsp3) is 0.182. The quantitative estimate of drug-likeness (QED) is 0.114. The summed E-state index contributed by atoms with van der Waals surface area (Å²) in [5.41, 5.74) is 2.83. The summed E-state index contributed by atoms with van der Waals surface area (Å²) in [7, 11) is 2.98. The molecule has 0 spiro atoms. The van der Waals surface area contributed by atoms with Crippen molar-refractivity contribution in [3.63, 3.8) is 0 Å². The van der Waals surface area contributed by atoms with Gasteiger partial charge in [0.15, 0.2) is 28.8 Å². The lowest BCUT2D eigenvalue weighted by molar-refractivity contribution is -0.135. The Kier molecular flexibility index (Phi) is 9.67. The zero-order chi connectivity index (χ0) is 28.3. The molecule has 0 saturated heterocycles. The molecule has 0 radical (unpaired) electrons. The monoisotopic (exact) mass is 538 g/mol. The summed E-state index contributed by atoms with van der Waals surface area (Å²) < 4.78 is 22.5. The van der Waals surface area contributed by atoms with Crippen molar-refractivity contribution in [3.05, 3.63) is 119 Å². The highest BCUT2D eigenvalue weighted by molar-refractivity contribution is 6.41.